The fourth-order valence-electron chi connectivity index (χ4n) is 3.49. The van der Waals surface area contributed by atoms with E-state index in [1.807, 2.05) is 13.8 Å². The Hall–Kier alpha value is -4.11. The molecular weight excluding hydrogens is 518 g/mol. The van der Waals surface area contributed by atoms with E-state index in [0.717, 1.165) is 9.80 Å². The van der Waals surface area contributed by atoms with Gasteiger partial charge in [0.15, 0.2) is 0 Å². The number of non-ortho nitro benzene ring substituents is 1. The number of benzene rings is 1. The summed E-state index contributed by atoms with van der Waals surface area (Å²) >= 11 is 0. The third-order valence-corrected chi connectivity index (χ3v) is 5.34. The van der Waals surface area contributed by atoms with Crippen molar-refractivity contribution in [3.63, 3.8) is 0 Å². The summed E-state index contributed by atoms with van der Waals surface area (Å²) in [7, 11) is 0. The van der Waals surface area contributed by atoms with E-state index in [1.165, 1.54) is 29.2 Å². The van der Waals surface area contributed by atoms with Crippen LogP contribution < -0.4 is 5.32 Å². The van der Waals surface area contributed by atoms with Crippen LogP contribution in [0.4, 0.5) is 5.69 Å². The molecule has 1 aromatic rings. The van der Waals surface area contributed by atoms with Crippen LogP contribution in [0, 0.1) is 16.0 Å². The number of aliphatic hydroxyl groups is 2. The summed E-state index contributed by atoms with van der Waals surface area (Å²) in [5.41, 5.74) is -0.0633. The van der Waals surface area contributed by atoms with Gasteiger partial charge < -0.3 is 35.3 Å². The van der Waals surface area contributed by atoms with E-state index in [-0.39, 0.29) is 49.8 Å². The van der Waals surface area contributed by atoms with Crippen LogP contribution in [0.25, 0.3) is 0 Å². The second-order valence-corrected chi connectivity index (χ2v) is 8.95. The molecule has 0 bridgehead atoms. The third kappa shape index (κ3) is 11.9. The molecule has 0 spiro atoms. The first-order chi connectivity index (χ1) is 18.4. The van der Waals surface area contributed by atoms with E-state index in [1.54, 1.807) is 0 Å². The fourth-order valence-corrected chi connectivity index (χ4v) is 3.49. The molecule has 0 aromatic heterocycles. The number of nitrogens with zero attached hydrogens (tertiary/aromatic N) is 4. The lowest BCUT2D eigenvalue weighted by molar-refractivity contribution is -0.384. The number of hydrogen-bond acceptors (Lipinski definition) is 9. The second-order valence-electron chi connectivity index (χ2n) is 8.95. The number of aliphatic hydroxyl groups excluding tert-OH is 2. The smallest absolute Gasteiger partial charge is 0.322 e. The largest absolute Gasteiger partial charge is 0.480 e. The highest BCUT2D eigenvalue weighted by atomic mass is 16.6. The summed E-state index contributed by atoms with van der Waals surface area (Å²) in [6.45, 7) is 0.882. The first-order valence-corrected chi connectivity index (χ1v) is 12.2. The standard InChI is InChI=1S/C24H35N5O10/c1-17(2)14-28(24(37)18-3-5-19(6-4-18)29(38)39)16-22(34)27(10-12-31)15-21(33)26(9-11-30)8-7-20(32)25-13-23(35)36/h3-6,17,30-31H,7-16H2,1-2H3,(H,25,32)(H,35,36). The molecule has 0 heterocycles. The maximum absolute atomic E-state index is 13.1. The van der Waals surface area contributed by atoms with Crippen molar-refractivity contribution >= 4 is 35.3 Å². The lowest BCUT2D eigenvalue weighted by Gasteiger charge is -2.30. The molecule has 1 aromatic carbocycles. The Balaban J connectivity index is 2.96. The average Bonchev–Trinajstić information content (AvgIpc) is 2.88. The van der Waals surface area contributed by atoms with Crippen LogP contribution >= 0.6 is 0 Å². The lowest BCUT2D eigenvalue weighted by Crippen LogP contribution is -2.49. The summed E-state index contributed by atoms with van der Waals surface area (Å²) in [5.74, 6) is -3.71. The highest BCUT2D eigenvalue weighted by molar-refractivity contribution is 5.97. The maximum Gasteiger partial charge on any atom is 0.322 e. The first kappa shape index (κ1) is 32.9. The van der Waals surface area contributed by atoms with Crippen molar-refractivity contribution in [1.82, 2.24) is 20.0 Å². The Bertz CT molecular complexity index is 1020. The van der Waals surface area contributed by atoms with Crippen LogP contribution in [0.1, 0.15) is 30.6 Å². The van der Waals surface area contributed by atoms with Gasteiger partial charge in [0.2, 0.25) is 17.7 Å². The molecule has 0 aliphatic rings. The van der Waals surface area contributed by atoms with Gasteiger partial charge in [0.1, 0.15) is 13.1 Å². The van der Waals surface area contributed by atoms with E-state index < -0.39 is 67.4 Å². The van der Waals surface area contributed by atoms with Gasteiger partial charge in [0.05, 0.1) is 24.7 Å². The van der Waals surface area contributed by atoms with Crippen molar-refractivity contribution in [3.8, 4) is 0 Å². The quantitative estimate of drug-likeness (QED) is 0.135. The highest BCUT2D eigenvalue weighted by Gasteiger charge is 2.26. The molecule has 0 aliphatic heterocycles. The Kier molecular flexibility index (Phi) is 14.1. The molecule has 4 amide bonds. The number of nitro benzene ring substituents is 1. The second kappa shape index (κ2) is 16.7. The van der Waals surface area contributed by atoms with Crippen molar-refractivity contribution < 1.29 is 44.2 Å². The molecule has 4 N–H and O–H groups in total. The van der Waals surface area contributed by atoms with Crippen molar-refractivity contribution in [2.24, 2.45) is 5.92 Å². The zero-order chi connectivity index (χ0) is 29.5. The molecule has 0 saturated carbocycles. The molecule has 1 rings (SSSR count). The molecule has 15 nitrogen and oxygen atoms in total. The number of hydrogen-bond donors (Lipinski definition) is 4. The van der Waals surface area contributed by atoms with Crippen molar-refractivity contribution in [2.45, 2.75) is 20.3 Å². The van der Waals surface area contributed by atoms with Crippen LogP contribution in [-0.4, -0.2) is 124 Å². The van der Waals surface area contributed by atoms with E-state index >= 15 is 0 Å². The Morgan fingerprint density at radius 2 is 1.44 bits per heavy atom. The number of carbonyl (C=O) groups is 5. The van der Waals surface area contributed by atoms with E-state index in [2.05, 4.69) is 5.32 Å². The maximum atomic E-state index is 13.1. The average molecular weight is 554 g/mol. The lowest BCUT2D eigenvalue weighted by atomic mass is 10.1. The van der Waals surface area contributed by atoms with Crippen molar-refractivity contribution in [1.29, 1.82) is 0 Å². The zero-order valence-electron chi connectivity index (χ0n) is 21.9. The number of nitro groups is 1. The first-order valence-electron chi connectivity index (χ1n) is 12.2. The van der Waals surface area contributed by atoms with Crippen LogP contribution in [-0.2, 0) is 19.2 Å². The Labute approximate surface area is 225 Å². The van der Waals surface area contributed by atoms with Crippen LogP contribution in [0.2, 0.25) is 0 Å². The molecule has 0 unspecified atom stereocenters. The molecule has 0 atom stereocenters. The number of aliphatic carboxylic acids is 1. The van der Waals surface area contributed by atoms with Gasteiger partial charge in [-0.25, -0.2) is 0 Å². The van der Waals surface area contributed by atoms with Gasteiger partial charge in [-0.05, 0) is 18.1 Å². The highest BCUT2D eigenvalue weighted by Crippen LogP contribution is 2.15. The number of nitrogens with one attached hydrogen (secondary N) is 1. The SMILES string of the molecule is CC(C)CN(CC(=O)N(CCO)CC(=O)N(CCO)CCC(=O)NCC(=O)O)C(=O)c1ccc([N+](=O)[O-])cc1. The minimum atomic E-state index is -1.23. The summed E-state index contributed by atoms with van der Waals surface area (Å²) in [6, 6.07) is 4.92. The van der Waals surface area contributed by atoms with Gasteiger partial charge in [-0.15, -0.1) is 0 Å². The fraction of sp³-hybridized carbons (Fsp3) is 0.542. The van der Waals surface area contributed by atoms with Crippen molar-refractivity contribution in [2.75, 3.05) is 59.0 Å². The van der Waals surface area contributed by atoms with Gasteiger partial charge in [0, 0.05) is 50.3 Å². The Morgan fingerprint density at radius 1 is 0.897 bits per heavy atom. The number of carboxylic acids is 1. The molecule has 39 heavy (non-hydrogen) atoms. The monoisotopic (exact) mass is 553 g/mol. The predicted octanol–water partition coefficient (Wildman–Crippen LogP) is -1.07. The zero-order valence-corrected chi connectivity index (χ0v) is 21.9. The minimum absolute atomic E-state index is 0.0416. The third-order valence-electron chi connectivity index (χ3n) is 5.34. The molecule has 0 radical (unpaired) electrons. The summed E-state index contributed by atoms with van der Waals surface area (Å²) in [6.07, 6.45) is -0.237. The van der Waals surface area contributed by atoms with Gasteiger partial charge in [0.25, 0.3) is 11.6 Å². The predicted molar refractivity (Wildman–Crippen MR) is 136 cm³/mol. The van der Waals surface area contributed by atoms with E-state index in [9.17, 15) is 44.3 Å². The van der Waals surface area contributed by atoms with Gasteiger partial charge in [-0.2, -0.15) is 0 Å². The molecule has 216 valence electrons. The number of carbonyl (C=O) groups excluding carboxylic acids is 4. The summed E-state index contributed by atoms with van der Waals surface area (Å²) in [5, 5.41) is 40.5. The van der Waals surface area contributed by atoms with Crippen LogP contribution in [0.5, 0.6) is 0 Å². The van der Waals surface area contributed by atoms with E-state index in [0.29, 0.717) is 0 Å². The molecular formula is C24H35N5O10. The Morgan fingerprint density at radius 3 is 1.95 bits per heavy atom. The molecule has 0 aliphatic carbocycles. The molecule has 15 heteroatoms. The topological polar surface area (TPSA) is 211 Å². The number of rotatable bonds is 17. The van der Waals surface area contributed by atoms with Gasteiger partial charge in [-0.1, -0.05) is 13.8 Å². The van der Waals surface area contributed by atoms with Crippen LogP contribution in [0.3, 0.4) is 0 Å². The van der Waals surface area contributed by atoms with E-state index in [4.69, 9.17) is 5.11 Å². The van der Waals surface area contributed by atoms with Gasteiger partial charge in [-0.3, -0.25) is 34.1 Å². The summed E-state index contributed by atoms with van der Waals surface area (Å²) < 4.78 is 0. The molecule has 0 fully saturated rings. The number of amides is 4. The normalized spacial score (nSPS) is 10.6. The van der Waals surface area contributed by atoms with Crippen molar-refractivity contribution in [3.05, 3.63) is 39.9 Å². The van der Waals surface area contributed by atoms with Crippen LogP contribution in [0.15, 0.2) is 24.3 Å². The molecule has 0 saturated heterocycles. The van der Waals surface area contributed by atoms with Gasteiger partial charge >= 0.3 is 5.97 Å². The number of carboxylic acid groups (broad SMARTS) is 1. The minimum Gasteiger partial charge on any atom is -0.480 e. The summed E-state index contributed by atoms with van der Waals surface area (Å²) in [4.78, 5) is 75.2.